The molecule has 0 spiro atoms. The van der Waals surface area contributed by atoms with E-state index in [1.54, 1.807) is 0 Å². The highest BCUT2D eigenvalue weighted by Crippen LogP contribution is 2.42. The van der Waals surface area contributed by atoms with Crippen molar-refractivity contribution in [3.05, 3.63) is 59.9 Å². The molecule has 1 aliphatic rings. The molecule has 0 saturated carbocycles. The minimum atomic E-state index is 0.0530. The Morgan fingerprint density at radius 2 is 1.68 bits per heavy atom. The zero-order valence-corrected chi connectivity index (χ0v) is 11.5. The van der Waals surface area contributed by atoms with E-state index in [2.05, 4.69) is 78.8 Å². The third-order valence-corrected chi connectivity index (χ3v) is 4.43. The maximum atomic E-state index is 2.32. The smallest absolute Gasteiger partial charge is 0.232 e. The summed E-state index contributed by atoms with van der Waals surface area (Å²) in [6.07, 6.45) is 2.18. The third kappa shape index (κ3) is 1.19. The van der Waals surface area contributed by atoms with Gasteiger partial charge in [0.25, 0.3) is 0 Å². The van der Waals surface area contributed by atoms with Gasteiger partial charge in [0.05, 0.1) is 7.05 Å². The fourth-order valence-electron chi connectivity index (χ4n) is 3.41. The van der Waals surface area contributed by atoms with Crippen molar-refractivity contribution in [2.75, 3.05) is 0 Å². The van der Waals surface area contributed by atoms with Gasteiger partial charge in [-0.3, -0.25) is 0 Å². The van der Waals surface area contributed by atoms with E-state index in [4.69, 9.17) is 0 Å². The van der Waals surface area contributed by atoms with Crippen LogP contribution in [0.5, 0.6) is 0 Å². The third-order valence-electron chi connectivity index (χ3n) is 4.43. The second kappa shape index (κ2) is 3.27. The lowest BCUT2D eigenvalue weighted by molar-refractivity contribution is -0.645. The molecule has 2 nitrogen and oxygen atoms in total. The van der Waals surface area contributed by atoms with Gasteiger partial charge in [-0.25, -0.2) is 4.57 Å². The molecule has 0 radical (unpaired) electrons. The number of imidazole rings is 1. The maximum absolute atomic E-state index is 2.32. The standard InChI is InChI=1S/C17H17N2/c1-17(2)12-7-4-5-9-14(12)19-11-18(3)15-10-6-8-13(17)16(15)19/h4-11H,1-3H3/q+1. The molecule has 2 heteroatoms. The van der Waals surface area contributed by atoms with Crippen molar-refractivity contribution in [3.8, 4) is 5.69 Å². The average Bonchev–Trinajstić information content (AvgIpc) is 2.75. The molecule has 0 saturated heterocycles. The van der Waals surface area contributed by atoms with E-state index in [1.165, 1.54) is 27.8 Å². The molecule has 4 rings (SSSR count). The molecular weight excluding hydrogens is 232 g/mol. The number of para-hydroxylation sites is 2. The lowest BCUT2D eigenvalue weighted by Crippen LogP contribution is -2.25. The maximum Gasteiger partial charge on any atom is 0.249 e. The SMILES string of the molecule is C[n+]1cn2c3c(cccc31)C(C)(C)c1ccccc1-2. The lowest BCUT2D eigenvalue weighted by atomic mass is 9.75. The largest absolute Gasteiger partial charge is 0.249 e. The molecule has 0 N–H and O–H groups in total. The van der Waals surface area contributed by atoms with Crippen LogP contribution in [-0.2, 0) is 12.5 Å². The highest BCUT2D eigenvalue weighted by Gasteiger charge is 2.37. The van der Waals surface area contributed by atoms with Crippen LogP contribution in [0.4, 0.5) is 0 Å². The molecule has 19 heavy (non-hydrogen) atoms. The van der Waals surface area contributed by atoms with Gasteiger partial charge in [-0.05, 0) is 12.1 Å². The normalized spacial score (nSPS) is 15.5. The van der Waals surface area contributed by atoms with Gasteiger partial charge in [-0.2, -0.15) is 4.57 Å². The molecular formula is C17H17N2+. The van der Waals surface area contributed by atoms with E-state index >= 15 is 0 Å². The number of rotatable bonds is 0. The summed E-state index contributed by atoms with van der Waals surface area (Å²) in [6.45, 7) is 4.63. The fourth-order valence-corrected chi connectivity index (χ4v) is 3.41. The summed E-state index contributed by atoms with van der Waals surface area (Å²) in [5, 5.41) is 0. The van der Waals surface area contributed by atoms with Crippen LogP contribution in [0.2, 0.25) is 0 Å². The Hall–Kier alpha value is -2.09. The van der Waals surface area contributed by atoms with Gasteiger partial charge in [0, 0.05) is 16.5 Å². The van der Waals surface area contributed by atoms with Gasteiger partial charge < -0.3 is 0 Å². The van der Waals surface area contributed by atoms with E-state index in [0.29, 0.717) is 0 Å². The summed E-state index contributed by atoms with van der Waals surface area (Å²) >= 11 is 0. The molecule has 0 unspecified atom stereocenters. The Balaban J connectivity index is 2.28. The Morgan fingerprint density at radius 3 is 2.53 bits per heavy atom. The number of nitrogens with zero attached hydrogens (tertiary/aromatic N) is 2. The minimum absolute atomic E-state index is 0.0530. The van der Waals surface area contributed by atoms with Crippen LogP contribution in [0, 0.1) is 0 Å². The number of hydrogen-bond acceptors (Lipinski definition) is 0. The van der Waals surface area contributed by atoms with Crippen molar-refractivity contribution in [1.82, 2.24) is 4.57 Å². The van der Waals surface area contributed by atoms with Gasteiger partial charge in [0.15, 0.2) is 11.0 Å². The van der Waals surface area contributed by atoms with E-state index in [1.807, 2.05) is 0 Å². The molecule has 1 aliphatic heterocycles. The topological polar surface area (TPSA) is 8.81 Å². The van der Waals surface area contributed by atoms with E-state index in [9.17, 15) is 0 Å². The number of aromatic nitrogens is 2. The van der Waals surface area contributed by atoms with Crippen LogP contribution in [0.3, 0.4) is 0 Å². The summed E-state index contributed by atoms with van der Waals surface area (Å²) in [7, 11) is 2.11. The number of fused-ring (bicyclic) bond motifs is 2. The zero-order valence-electron chi connectivity index (χ0n) is 11.5. The first kappa shape index (κ1) is 10.8. The number of hydrogen-bond donors (Lipinski definition) is 0. The number of benzene rings is 2. The molecule has 0 aliphatic carbocycles. The van der Waals surface area contributed by atoms with E-state index < -0.39 is 0 Å². The van der Waals surface area contributed by atoms with Crippen molar-refractivity contribution in [3.63, 3.8) is 0 Å². The second-order valence-corrected chi connectivity index (χ2v) is 5.91. The summed E-state index contributed by atoms with van der Waals surface area (Å²) in [5.41, 5.74) is 6.79. The predicted molar refractivity (Wildman–Crippen MR) is 76.6 cm³/mol. The first-order valence-electron chi connectivity index (χ1n) is 6.71. The van der Waals surface area contributed by atoms with Crippen molar-refractivity contribution < 1.29 is 4.57 Å². The van der Waals surface area contributed by atoms with Crippen LogP contribution in [0.25, 0.3) is 16.7 Å². The molecule has 0 bridgehead atoms. The lowest BCUT2D eigenvalue weighted by Gasteiger charge is -2.30. The molecule has 2 aromatic carbocycles. The summed E-state index contributed by atoms with van der Waals surface area (Å²) in [5.74, 6) is 0. The number of aryl methyl sites for hydroxylation is 1. The first-order valence-corrected chi connectivity index (χ1v) is 6.71. The van der Waals surface area contributed by atoms with Crippen LogP contribution in [0.1, 0.15) is 25.0 Å². The first-order chi connectivity index (χ1) is 9.10. The van der Waals surface area contributed by atoms with Gasteiger partial charge in [-0.15, -0.1) is 0 Å². The molecule has 94 valence electrons. The molecule has 3 aromatic rings. The highest BCUT2D eigenvalue weighted by atomic mass is 15.1. The quantitative estimate of drug-likeness (QED) is 0.541. The van der Waals surface area contributed by atoms with Crippen molar-refractivity contribution in [2.24, 2.45) is 7.05 Å². The van der Waals surface area contributed by atoms with E-state index in [-0.39, 0.29) is 5.41 Å². The molecule has 0 atom stereocenters. The Morgan fingerprint density at radius 1 is 0.947 bits per heavy atom. The Labute approximate surface area is 112 Å². The fraction of sp³-hybridized carbons (Fsp3) is 0.235. The predicted octanol–water partition coefficient (Wildman–Crippen LogP) is 3.09. The monoisotopic (exact) mass is 249 g/mol. The zero-order chi connectivity index (χ0) is 13.2. The van der Waals surface area contributed by atoms with Gasteiger partial charge >= 0.3 is 0 Å². The van der Waals surface area contributed by atoms with Crippen LogP contribution >= 0.6 is 0 Å². The van der Waals surface area contributed by atoms with Crippen molar-refractivity contribution in [1.29, 1.82) is 0 Å². The summed E-state index contributed by atoms with van der Waals surface area (Å²) in [4.78, 5) is 0. The van der Waals surface area contributed by atoms with Crippen molar-refractivity contribution >= 4 is 11.0 Å². The molecule has 0 fully saturated rings. The van der Waals surface area contributed by atoms with Crippen LogP contribution in [0.15, 0.2) is 48.8 Å². The molecule has 1 aromatic heterocycles. The summed E-state index contributed by atoms with van der Waals surface area (Å²) in [6, 6.07) is 15.3. The highest BCUT2D eigenvalue weighted by molar-refractivity contribution is 5.83. The summed E-state index contributed by atoms with van der Waals surface area (Å²) < 4.78 is 4.53. The Bertz CT molecular complexity index is 809. The van der Waals surface area contributed by atoms with Crippen molar-refractivity contribution in [2.45, 2.75) is 19.3 Å². The Kier molecular flexibility index (Phi) is 1.86. The van der Waals surface area contributed by atoms with Gasteiger partial charge in [0.1, 0.15) is 5.69 Å². The molecule has 0 amide bonds. The van der Waals surface area contributed by atoms with Gasteiger partial charge in [0.2, 0.25) is 6.33 Å². The van der Waals surface area contributed by atoms with Crippen LogP contribution < -0.4 is 4.57 Å². The second-order valence-electron chi connectivity index (χ2n) is 5.91. The average molecular weight is 249 g/mol. The van der Waals surface area contributed by atoms with Gasteiger partial charge in [-0.1, -0.05) is 44.2 Å². The van der Waals surface area contributed by atoms with E-state index in [0.717, 1.165) is 0 Å². The minimum Gasteiger partial charge on any atom is -0.232 e. The molecule has 2 heterocycles. The van der Waals surface area contributed by atoms with Crippen LogP contribution in [-0.4, -0.2) is 4.57 Å².